The van der Waals surface area contributed by atoms with Crippen molar-refractivity contribution in [2.75, 3.05) is 0 Å². The van der Waals surface area contributed by atoms with Gasteiger partial charge in [-0.3, -0.25) is 6.29 Å². The largest absolute Gasteiger partial charge is 0.542 e. The third-order valence-corrected chi connectivity index (χ3v) is 0. The van der Waals surface area contributed by atoms with Gasteiger partial charge in [0, 0.05) is 34.1 Å². The van der Waals surface area contributed by atoms with Crippen LogP contribution in [0.4, 0.5) is 0 Å². The Labute approximate surface area is 52.5 Å². The van der Waals surface area contributed by atoms with Gasteiger partial charge in [0.05, 0.1) is 0 Å². The fraction of sp³-hybridized carbons (Fsp3) is 0.500. The van der Waals surface area contributed by atoms with E-state index in [0.717, 1.165) is 0 Å². The van der Waals surface area contributed by atoms with Gasteiger partial charge in [-0.15, -0.1) is 0 Å². The maximum Gasteiger partial charge on any atom is 0 e. The topological polar surface area (TPSA) is 17.1 Å². The molecule has 0 bridgehead atoms. The van der Waals surface area contributed by atoms with Crippen molar-refractivity contribution in [2.45, 2.75) is 6.92 Å². The van der Waals surface area contributed by atoms with Crippen molar-refractivity contribution in [1.29, 1.82) is 0 Å². The van der Waals surface area contributed by atoms with Crippen LogP contribution in [-0.2, 0) is 38.9 Å². The third kappa shape index (κ3) is 68.8. The van der Waals surface area contributed by atoms with Crippen LogP contribution in [0.25, 0.3) is 0 Å². The van der Waals surface area contributed by atoms with Gasteiger partial charge in [-0.05, 0) is 0 Å². The van der Waals surface area contributed by atoms with E-state index in [4.69, 9.17) is 4.79 Å². The molecule has 0 radical (unpaired) electrons. The van der Waals surface area contributed by atoms with Gasteiger partial charge in [0.15, 0.2) is 0 Å². The summed E-state index contributed by atoms with van der Waals surface area (Å²) in [7, 11) is 0. The molecule has 0 spiro atoms. The second-order valence-electron chi connectivity index (χ2n) is 0.204. The van der Waals surface area contributed by atoms with Gasteiger partial charge in [-0.2, -0.15) is 6.92 Å². The second kappa shape index (κ2) is 22.2. The zero-order chi connectivity index (χ0) is 2.71. The van der Waals surface area contributed by atoms with Gasteiger partial charge in [0.2, 0.25) is 0 Å². The van der Waals surface area contributed by atoms with Crippen LogP contribution < -0.4 is 0 Å². The van der Waals surface area contributed by atoms with E-state index in [2.05, 4.69) is 0 Å². The quantitative estimate of drug-likeness (QED) is 0.358. The zero-order valence-corrected chi connectivity index (χ0v) is 4.82. The first-order valence-electron chi connectivity index (χ1n) is 0.704. The summed E-state index contributed by atoms with van der Waals surface area (Å²) < 4.78 is 0. The zero-order valence-electron chi connectivity index (χ0n) is 2.62. The van der Waals surface area contributed by atoms with Crippen LogP contribution in [0.1, 0.15) is 6.92 Å². The van der Waals surface area contributed by atoms with Crippen LogP contribution in [0.5, 0.6) is 0 Å². The minimum Gasteiger partial charge on any atom is -0.542 e. The van der Waals surface area contributed by atoms with E-state index in [1.807, 2.05) is 0 Å². The molecule has 0 aromatic carbocycles. The molecule has 0 aromatic rings. The molecule has 0 aliphatic rings. The van der Waals surface area contributed by atoms with Crippen molar-refractivity contribution in [3.05, 3.63) is 0 Å². The van der Waals surface area contributed by atoms with Crippen LogP contribution in [0, 0.1) is 0 Å². The molecular weight excluding hydrogens is 152 g/mol. The smallest absolute Gasteiger partial charge is 0 e. The van der Waals surface area contributed by atoms with Crippen LogP contribution in [0.2, 0.25) is 0 Å². The van der Waals surface area contributed by atoms with Gasteiger partial charge >= 0.3 is 0 Å². The number of hydrogen-bond acceptors (Lipinski definition) is 1. The van der Waals surface area contributed by atoms with Crippen LogP contribution in [0.3, 0.4) is 0 Å². The van der Waals surface area contributed by atoms with Crippen molar-refractivity contribution in [3.63, 3.8) is 0 Å². The summed E-state index contributed by atoms with van der Waals surface area (Å²) >= 11 is 0. The van der Waals surface area contributed by atoms with Crippen LogP contribution in [-0.4, -0.2) is 6.29 Å². The molecule has 34 valence electrons. The normalized spacial score (nSPS) is 2.60. The fourth-order valence-corrected chi connectivity index (χ4v) is 0. The van der Waals surface area contributed by atoms with Crippen LogP contribution >= 0.6 is 0 Å². The summed E-state index contributed by atoms with van der Waals surface area (Å²) in [5.41, 5.74) is 0. The minimum atomic E-state index is 0. The number of carbonyl (C=O) groups excluding carboxylic acids is 1. The number of hydrogen-bond donors (Lipinski definition) is 0. The Morgan fingerprint density at radius 1 is 1.40 bits per heavy atom. The molecule has 0 saturated carbocycles. The third-order valence-electron chi connectivity index (χ3n) is 0. The second-order valence-corrected chi connectivity index (χ2v) is 0.204. The summed E-state index contributed by atoms with van der Waals surface area (Å²) in [5, 5.41) is 0. The molecule has 0 unspecified atom stereocenters. The molecule has 0 aliphatic carbocycles. The first-order valence-corrected chi connectivity index (χ1v) is 0.704. The van der Waals surface area contributed by atoms with E-state index in [1.54, 1.807) is 0 Å². The first-order chi connectivity index (χ1) is 1.41. The molecule has 0 saturated heterocycles. The summed E-state index contributed by atoms with van der Waals surface area (Å²) in [6.45, 7) is 1.32. The van der Waals surface area contributed by atoms with Crippen molar-refractivity contribution in [2.24, 2.45) is 0 Å². The molecule has 0 N–H and O–H groups in total. The molecule has 1 nitrogen and oxygen atoms in total. The summed E-state index contributed by atoms with van der Waals surface area (Å²) in [6.07, 6.45) is 1.50. The van der Waals surface area contributed by atoms with Crippen molar-refractivity contribution in [1.82, 2.24) is 0 Å². The Kier molecular flexibility index (Phi) is 76.5. The average Bonchev–Trinajstić information content (AvgIpc) is 0.918. The molecule has 0 aliphatic heterocycles. The van der Waals surface area contributed by atoms with E-state index in [9.17, 15) is 0 Å². The Morgan fingerprint density at radius 3 is 1.40 bits per heavy atom. The van der Waals surface area contributed by atoms with E-state index in [1.165, 1.54) is 13.2 Å². The monoisotopic (exact) mass is 155 g/mol. The average molecular weight is 155 g/mol. The van der Waals surface area contributed by atoms with E-state index in [0.29, 0.717) is 0 Å². The van der Waals surface area contributed by atoms with E-state index < -0.39 is 0 Å². The van der Waals surface area contributed by atoms with Gasteiger partial charge in [0.25, 0.3) is 0 Å². The van der Waals surface area contributed by atoms with Crippen molar-refractivity contribution >= 4 is 6.29 Å². The predicted octanol–water partition coefficient (Wildman–Crippen LogP) is 0.111. The van der Waals surface area contributed by atoms with Gasteiger partial charge in [0.1, 0.15) is 0 Å². The predicted molar refractivity (Wildman–Crippen MR) is 11.4 cm³/mol. The molecule has 3 heteroatoms. The minimum absolute atomic E-state index is 0. The molecule has 0 heterocycles. The Hall–Kier alpha value is 0.709. The van der Waals surface area contributed by atoms with Crippen molar-refractivity contribution < 1.29 is 38.9 Å². The number of rotatable bonds is 0. The summed E-state index contributed by atoms with van der Waals surface area (Å²) in [6, 6.07) is 0. The maximum atomic E-state index is 8.68. The van der Waals surface area contributed by atoms with Gasteiger partial charge in [-0.1, -0.05) is 0 Å². The molecular formula is C2H3Fe2O-. The first kappa shape index (κ1) is 17.3. The summed E-state index contributed by atoms with van der Waals surface area (Å²) in [5.74, 6) is 0. The molecule has 0 rings (SSSR count). The molecule has 0 aromatic heterocycles. The summed E-state index contributed by atoms with van der Waals surface area (Å²) in [4.78, 5) is 8.68. The maximum absolute atomic E-state index is 8.68. The molecule has 0 amide bonds. The standard InChI is InChI=1S/C2H3O.2Fe/c1-2-3;;/h1H3;;/q-1;;. The fourth-order valence-electron chi connectivity index (χ4n) is 0. The molecule has 0 atom stereocenters. The molecule has 5 heavy (non-hydrogen) atoms. The Bertz CT molecular complexity index is 15.1. The van der Waals surface area contributed by atoms with Gasteiger partial charge < -0.3 is 4.79 Å². The van der Waals surface area contributed by atoms with Gasteiger partial charge in [-0.25, -0.2) is 0 Å². The van der Waals surface area contributed by atoms with E-state index in [-0.39, 0.29) is 34.1 Å². The van der Waals surface area contributed by atoms with E-state index >= 15 is 0 Å². The Morgan fingerprint density at radius 2 is 1.40 bits per heavy atom. The Balaban J connectivity index is -0.0000000200. The SMILES string of the molecule is C[C-]=O.[Fe].[Fe]. The van der Waals surface area contributed by atoms with Crippen LogP contribution in [0.15, 0.2) is 0 Å². The van der Waals surface area contributed by atoms with Crippen molar-refractivity contribution in [3.8, 4) is 0 Å². The molecule has 0 fully saturated rings.